The van der Waals surface area contributed by atoms with Crippen LogP contribution in [0.1, 0.15) is 51.4 Å². The number of ether oxygens (including phenoxy) is 3. The van der Waals surface area contributed by atoms with Gasteiger partial charge in [0.15, 0.2) is 6.29 Å². The van der Waals surface area contributed by atoms with Gasteiger partial charge in [0, 0.05) is 34.7 Å². The third-order valence-electron chi connectivity index (χ3n) is 8.04. The largest absolute Gasteiger partial charge is 0.496 e. The number of aliphatic hydroxyl groups is 1. The molecular weight excluding hydrogens is 594 g/mol. The molecule has 7 heteroatoms. The highest BCUT2D eigenvalue weighted by atomic mass is 32.2. The van der Waals surface area contributed by atoms with Gasteiger partial charge in [0.1, 0.15) is 5.75 Å². The van der Waals surface area contributed by atoms with Gasteiger partial charge in [0.25, 0.3) is 5.91 Å². The van der Waals surface area contributed by atoms with Gasteiger partial charge in [-0.2, -0.15) is 0 Å². The molecule has 0 bridgehead atoms. The zero-order valence-corrected chi connectivity index (χ0v) is 26.5. The van der Waals surface area contributed by atoms with Crippen LogP contribution < -0.4 is 10.1 Å². The molecule has 6 rings (SSSR count). The fourth-order valence-corrected chi connectivity index (χ4v) is 6.56. The lowest BCUT2D eigenvalue weighted by Crippen LogP contribution is -2.31. The standard InChI is InChI=1S/C39H37NO5S/c1-43-35-12-5-6-13-37(35)46-26-34-23-36(30-16-14-27(25-41)15-17-30)45-39(44-34)32-20-18-29(19-21-32)33-11-7-8-28(22-33)24-40-38(42)31-9-3-2-4-10-31/h2-22,34,36,39,41H,23-26H2,1H3,(H,40,42)/t34-,36+,39+/m1/s1. The normalized spacial score (nSPS) is 17.7. The van der Waals surface area contributed by atoms with Crippen molar-refractivity contribution < 1.29 is 24.1 Å². The molecule has 1 aliphatic heterocycles. The fourth-order valence-electron chi connectivity index (χ4n) is 5.51. The second kappa shape index (κ2) is 15.3. The second-order valence-electron chi connectivity index (χ2n) is 11.2. The van der Waals surface area contributed by atoms with E-state index in [4.69, 9.17) is 14.2 Å². The number of hydrogen-bond donors (Lipinski definition) is 2. The molecule has 1 fully saturated rings. The highest BCUT2D eigenvalue weighted by molar-refractivity contribution is 7.99. The number of amides is 1. The topological polar surface area (TPSA) is 77.0 Å². The van der Waals surface area contributed by atoms with Crippen molar-refractivity contribution >= 4 is 17.7 Å². The van der Waals surface area contributed by atoms with Gasteiger partial charge in [-0.1, -0.05) is 97.1 Å². The summed E-state index contributed by atoms with van der Waals surface area (Å²) in [7, 11) is 1.69. The Kier molecular flexibility index (Phi) is 10.5. The Hall–Kier alpha value is -4.40. The summed E-state index contributed by atoms with van der Waals surface area (Å²) in [4.78, 5) is 13.6. The number of para-hydroxylation sites is 1. The molecule has 1 amide bonds. The summed E-state index contributed by atoms with van der Waals surface area (Å²) in [5, 5.41) is 12.5. The molecular formula is C39H37NO5S. The Balaban J connectivity index is 1.16. The van der Waals surface area contributed by atoms with Crippen LogP contribution in [0, 0.1) is 0 Å². The zero-order chi connectivity index (χ0) is 31.7. The smallest absolute Gasteiger partial charge is 0.251 e. The predicted octanol–water partition coefficient (Wildman–Crippen LogP) is 8.12. The van der Waals surface area contributed by atoms with Crippen molar-refractivity contribution in [2.75, 3.05) is 12.9 Å². The van der Waals surface area contributed by atoms with Crippen molar-refractivity contribution in [3.05, 3.63) is 155 Å². The highest BCUT2D eigenvalue weighted by Gasteiger charge is 2.32. The number of nitrogens with one attached hydrogen (secondary N) is 1. The summed E-state index contributed by atoms with van der Waals surface area (Å²) in [6.45, 7) is 0.450. The number of methoxy groups -OCH3 is 1. The number of carbonyl (C=O) groups is 1. The third-order valence-corrected chi connectivity index (χ3v) is 9.23. The van der Waals surface area contributed by atoms with Gasteiger partial charge in [-0.15, -0.1) is 11.8 Å². The van der Waals surface area contributed by atoms with Crippen molar-refractivity contribution in [1.82, 2.24) is 5.32 Å². The molecule has 0 spiro atoms. The van der Waals surface area contributed by atoms with Crippen LogP contribution in [0.2, 0.25) is 0 Å². The minimum absolute atomic E-state index is 0.00724. The van der Waals surface area contributed by atoms with Gasteiger partial charge in [-0.25, -0.2) is 0 Å². The van der Waals surface area contributed by atoms with Crippen LogP contribution >= 0.6 is 11.8 Å². The van der Waals surface area contributed by atoms with Gasteiger partial charge in [-0.05, 0) is 58.1 Å². The van der Waals surface area contributed by atoms with E-state index < -0.39 is 6.29 Å². The molecule has 0 aromatic heterocycles. The van der Waals surface area contributed by atoms with E-state index in [1.807, 2.05) is 84.9 Å². The average molecular weight is 632 g/mol. The van der Waals surface area contributed by atoms with E-state index >= 15 is 0 Å². The number of hydrogen-bond acceptors (Lipinski definition) is 6. The van der Waals surface area contributed by atoms with E-state index in [9.17, 15) is 9.90 Å². The maximum atomic E-state index is 12.5. The average Bonchev–Trinajstić information content (AvgIpc) is 3.13. The van der Waals surface area contributed by atoms with Gasteiger partial charge in [0.2, 0.25) is 0 Å². The molecule has 3 atom stereocenters. The monoisotopic (exact) mass is 631 g/mol. The van der Waals surface area contributed by atoms with Gasteiger partial charge in [-0.3, -0.25) is 4.79 Å². The summed E-state index contributed by atoms with van der Waals surface area (Å²) < 4.78 is 18.7. The van der Waals surface area contributed by atoms with Crippen LogP contribution in [-0.2, 0) is 22.6 Å². The molecule has 0 aliphatic carbocycles. The van der Waals surface area contributed by atoms with Gasteiger partial charge >= 0.3 is 0 Å². The Bertz CT molecular complexity index is 1730. The van der Waals surface area contributed by atoms with Crippen LogP contribution in [0.25, 0.3) is 11.1 Å². The van der Waals surface area contributed by atoms with Gasteiger partial charge < -0.3 is 24.6 Å². The summed E-state index contributed by atoms with van der Waals surface area (Å²) in [5.41, 5.74) is 6.67. The van der Waals surface area contributed by atoms with E-state index in [-0.39, 0.29) is 24.7 Å². The van der Waals surface area contributed by atoms with Crippen molar-refractivity contribution in [3.63, 3.8) is 0 Å². The second-order valence-corrected chi connectivity index (χ2v) is 12.2. The molecule has 5 aromatic carbocycles. The lowest BCUT2D eigenvalue weighted by molar-refractivity contribution is -0.245. The first-order valence-corrected chi connectivity index (χ1v) is 16.4. The van der Waals surface area contributed by atoms with E-state index in [2.05, 4.69) is 47.8 Å². The van der Waals surface area contributed by atoms with Crippen molar-refractivity contribution in [2.45, 2.75) is 43.0 Å². The van der Waals surface area contributed by atoms with E-state index in [0.717, 1.165) is 49.8 Å². The van der Waals surface area contributed by atoms with Crippen molar-refractivity contribution in [1.29, 1.82) is 0 Å². The summed E-state index contributed by atoms with van der Waals surface area (Å²) >= 11 is 1.72. The maximum absolute atomic E-state index is 12.5. The molecule has 1 saturated heterocycles. The number of thioether (sulfide) groups is 1. The van der Waals surface area contributed by atoms with Crippen molar-refractivity contribution in [2.24, 2.45) is 0 Å². The van der Waals surface area contributed by atoms with Crippen LogP contribution in [0.15, 0.2) is 132 Å². The Morgan fingerprint density at radius 3 is 2.30 bits per heavy atom. The number of rotatable bonds is 11. The molecule has 5 aromatic rings. The summed E-state index contributed by atoms with van der Waals surface area (Å²) in [5.74, 6) is 1.51. The molecule has 234 valence electrons. The Labute approximate surface area is 274 Å². The van der Waals surface area contributed by atoms with E-state index in [0.29, 0.717) is 18.5 Å². The predicted molar refractivity (Wildman–Crippen MR) is 182 cm³/mol. The molecule has 1 aliphatic rings. The quantitative estimate of drug-likeness (QED) is 0.143. The van der Waals surface area contributed by atoms with E-state index in [1.54, 1.807) is 18.9 Å². The van der Waals surface area contributed by atoms with Crippen LogP contribution in [0.5, 0.6) is 5.75 Å². The molecule has 0 radical (unpaired) electrons. The molecule has 6 nitrogen and oxygen atoms in total. The maximum Gasteiger partial charge on any atom is 0.251 e. The van der Waals surface area contributed by atoms with Crippen molar-refractivity contribution in [3.8, 4) is 16.9 Å². The molecule has 0 unspecified atom stereocenters. The summed E-state index contributed by atoms with van der Waals surface area (Å²) in [6, 6.07) is 41.7. The minimum atomic E-state index is -0.534. The van der Waals surface area contributed by atoms with Crippen LogP contribution in [0.4, 0.5) is 0 Å². The third kappa shape index (κ3) is 7.87. The number of benzene rings is 5. The SMILES string of the molecule is COc1ccccc1SC[C@H]1C[C@@H](c2ccc(CO)cc2)O[C@@H](c2ccc(-c3cccc(CNC(=O)c4ccccc4)c3)cc2)O1. The molecule has 0 saturated carbocycles. The molecule has 46 heavy (non-hydrogen) atoms. The van der Waals surface area contributed by atoms with E-state index in [1.165, 1.54) is 0 Å². The molecule has 1 heterocycles. The Morgan fingerprint density at radius 1 is 0.804 bits per heavy atom. The number of carbonyl (C=O) groups excluding carboxylic acids is 1. The van der Waals surface area contributed by atoms with Gasteiger partial charge in [0.05, 0.1) is 25.9 Å². The summed E-state index contributed by atoms with van der Waals surface area (Å²) in [6.07, 6.45) is -0.0352. The lowest BCUT2D eigenvalue weighted by Gasteiger charge is -2.36. The first-order chi connectivity index (χ1) is 22.6. The first-order valence-electron chi connectivity index (χ1n) is 15.4. The highest BCUT2D eigenvalue weighted by Crippen LogP contribution is 2.40. The lowest BCUT2D eigenvalue weighted by atomic mass is 9.99. The Morgan fingerprint density at radius 2 is 1.54 bits per heavy atom. The first kappa shape index (κ1) is 31.6. The fraction of sp³-hybridized carbons (Fsp3) is 0.205. The van der Waals surface area contributed by atoms with Crippen LogP contribution in [0.3, 0.4) is 0 Å². The molecule has 2 N–H and O–H groups in total. The minimum Gasteiger partial charge on any atom is -0.496 e. The zero-order valence-electron chi connectivity index (χ0n) is 25.7. The van der Waals surface area contributed by atoms with Crippen LogP contribution in [-0.4, -0.2) is 30.0 Å². The number of aliphatic hydroxyl groups excluding tert-OH is 1.